The molecule has 0 saturated heterocycles. The summed E-state index contributed by atoms with van der Waals surface area (Å²) in [5.41, 5.74) is 3.19. The largest absolute Gasteiger partial charge is 0.478 e. The molecule has 16 heavy (non-hydrogen) atoms. The number of rotatable bonds is 3. The van der Waals surface area contributed by atoms with Gasteiger partial charge in [0.15, 0.2) is 0 Å². The van der Waals surface area contributed by atoms with E-state index in [1.54, 1.807) is 29.5 Å². The summed E-state index contributed by atoms with van der Waals surface area (Å²) in [6.07, 6.45) is 0. The van der Waals surface area contributed by atoms with E-state index >= 15 is 0 Å². The average Bonchev–Trinajstić information content (AvgIpc) is 2.73. The fourth-order valence-corrected chi connectivity index (χ4v) is 2.02. The van der Waals surface area contributed by atoms with E-state index in [1.807, 2.05) is 23.8 Å². The Bertz CT molecular complexity index is 506. The number of nitrogens with one attached hydrogen (secondary N) is 1. The molecule has 0 aliphatic heterocycles. The second kappa shape index (κ2) is 4.37. The fraction of sp³-hybridized carbons (Fsp3) is 0.0833. The lowest BCUT2D eigenvalue weighted by Gasteiger charge is -2.08. The van der Waals surface area contributed by atoms with E-state index in [-0.39, 0.29) is 0 Å². The van der Waals surface area contributed by atoms with Gasteiger partial charge < -0.3 is 10.4 Å². The van der Waals surface area contributed by atoms with Crippen LogP contribution in [0, 0.1) is 6.92 Å². The van der Waals surface area contributed by atoms with Gasteiger partial charge in [-0.2, -0.15) is 11.3 Å². The lowest BCUT2D eigenvalue weighted by atomic mass is 10.1. The fourth-order valence-electron chi connectivity index (χ4n) is 1.43. The minimum absolute atomic E-state index is 0.313. The maximum atomic E-state index is 10.8. The second-order valence-electron chi connectivity index (χ2n) is 3.47. The molecule has 2 rings (SSSR count). The molecule has 3 nitrogen and oxygen atoms in total. The zero-order valence-electron chi connectivity index (χ0n) is 8.73. The van der Waals surface area contributed by atoms with E-state index in [0.717, 1.165) is 16.9 Å². The number of hydrogen-bond donors (Lipinski definition) is 2. The van der Waals surface area contributed by atoms with Crippen molar-refractivity contribution in [2.75, 3.05) is 5.32 Å². The Morgan fingerprint density at radius 3 is 2.75 bits per heavy atom. The molecule has 2 N–H and O–H groups in total. The van der Waals surface area contributed by atoms with Gasteiger partial charge in [-0.05, 0) is 42.1 Å². The van der Waals surface area contributed by atoms with Gasteiger partial charge in [0.05, 0.1) is 5.56 Å². The van der Waals surface area contributed by atoms with Crippen LogP contribution in [0.5, 0.6) is 0 Å². The van der Waals surface area contributed by atoms with Crippen LogP contribution in [-0.4, -0.2) is 11.1 Å². The van der Waals surface area contributed by atoms with E-state index in [0.29, 0.717) is 5.56 Å². The van der Waals surface area contributed by atoms with Crippen LogP contribution in [0.4, 0.5) is 11.4 Å². The first-order valence-electron chi connectivity index (χ1n) is 4.80. The third-order valence-corrected chi connectivity index (χ3v) is 2.96. The van der Waals surface area contributed by atoms with E-state index in [2.05, 4.69) is 5.32 Å². The van der Waals surface area contributed by atoms with Gasteiger partial charge in [-0.1, -0.05) is 0 Å². The van der Waals surface area contributed by atoms with Gasteiger partial charge in [-0.15, -0.1) is 0 Å². The van der Waals surface area contributed by atoms with Crippen LogP contribution in [0.15, 0.2) is 35.0 Å². The van der Waals surface area contributed by atoms with Crippen molar-refractivity contribution in [2.45, 2.75) is 6.92 Å². The highest BCUT2D eigenvalue weighted by atomic mass is 32.1. The molecule has 0 bridgehead atoms. The van der Waals surface area contributed by atoms with Crippen molar-refractivity contribution in [3.63, 3.8) is 0 Å². The van der Waals surface area contributed by atoms with Crippen molar-refractivity contribution in [3.05, 3.63) is 46.2 Å². The second-order valence-corrected chi connectivity index (χ2v) is 4.25. The Morgan fingerprint density at radius 1 is 1.38 bits per heavy atom. The Kier molecular flexibility index (Phi) is 2.92. The molecule has 82 valence electrons. The maximum absolute atomic E-state index is 10.8. The zero-order chi connectivity index (χ0) is 11.5. The number of aryl methyl sites for hydroxylation is 1. The molecule has 0 unspecified atom stereocenters. The Labute approximate surface area is 97.4 Å². The summed E-state index contributed by atoms with van der Waals surface area (Å²) in [5, 5.41) is 16.1. The number of hydrogen-bond acceptors (Lipinski definition) is 3. The van der Waals surface area contributed by atoms with E-state index in [9.17, 15) is 4.79 Å². The third-order valence-electron chi connectivity index (χ3n) is 2.27. The van der Waals surface area contributed by atoms with E-state index < -0.39 is 5.97 Å². The normalized spacial score (nSPS) is 10.1. The van der Waals surface area contributed by atoms with Crippen LogP contribution in [0.3, 0.4) is 0 Å². The van der Waals surface area contributed by atoms with Gasteiger partial charge >= 0.3 is 5.97 Å². The van der Waals surface area contributed by atoms with Crippen molar-refractivity contribution in [2.24, 2.45) is 0 Å². The van der Waals surface area contributed by atoms with Gasteiger partial charge in [-0.25, -0.2) is 4.79 Å². The molecule has 1 aromatic heterocycles. The first-order valence-corrected chi connectivity index (χ1v) is 5.74. The van der Waals surface area contributed by atoms with Crippen molar-refractivity contribution < 1.29 is 9.90 Å². The zero-order valence-corrected chi connectivity index (χ0v) is 9.54. The quantitative estimate of drug-likeness (QED) is 0.853. The first-order chi connectivity index (χ1) is 7.66. The molecule has 0 atom stereocenters. The van der Waals surface area contributed by atoms with Gasteiger partial charge in [0.2, 0.25) is 0 Å². The SMILES string of the molecule is Cc1cc(C(=O)O)ccc1Nc1ccsc1. The Morgan fingerprint density at radius 2 is 2.19 bits per heavy atom. The summed E-state index contributed by atoms with van der Waals surface area (Å²) >= 11 is 1.62. The predicted octanol–water partition coefficient (Wildman–Crippen LogP) is 3.50. The van der Waals surface area contributed by atoms with Crippen molar-refractivity contribution in [3.8, 4) is 0 Å². The standard InChI is InChI=1S/C12H11NO2S/c1-8-6-9(12(14)15)2-3-11(8)13-10-4-5-16-7-10/h2-7,13H,1H3,(H,14,15). The molecular formula is C12H11NO2S. The number of aromatic carboxylic acids is 1. The smallest absolute Gasteiger partial charge is 0.335 e. The molecule has 0 aliphatic rings. The molecule has 1 heterocycles. The topological polar surface area (TPSA) is 49.3 Å². The summed E-state index contributed by atoms with van der Waals surface area (Å²) in [7, 11) is 0. The van der Waals surface area contributed by atoms with E-state index in [4.69, 9.17) is 5.11 Å². The van der Waals surface area contributed by atoms with Gasteiger partial charge in [0.1, 0.15) is 0 Å². The van der Waals surface area contributed by atoms with Crippen molar-refractivity contribution in [1.29, 1.82) is 0 Å². The molecule has 0 fully saturated rings. The highest BCUT2D eigenvalue weighted by Crippen LogP contribution is 2.23. The number of anilines is 2. The first kappa shape index (κ1) is 10.7. The minimum atomic E-state index is -0.898. The minimum Gasteiger partial charge on any atom is -0.478 e. The number of thiophene rings is 1. The van der Waals surface area contributed by atoms with Crippen LogP contribution in [0.25, 0.3) is 0 Å². The van der Waals surface area contributed by atoms with Gasteiger partial charge in [0, 0.05) is 16.8 Å². The van der Waals surface area contributed by atoms with Gasteiger partial charge in [0.25, 0.3) is 0 Å². The number of benzene rings is 1. The molecule has 0 aliphatic carbocycles. The number of carboxylic acid groups (broad SMARTS) is 1. The summed E-state index contributed by atoms with van der Waals surface area (Å²) in [6.45, 7) is 1.89. The van der Waals surface area contributed by atoms with Crippen LogP contribution < -0.4 is 5.32 Å². The summed E-state index contributed by atoms with van der Waals surface area (Å²) in [6, 6.07) is 7.03. The third kappa shape index (κ3) is 2.23. The van der Waals surface area contributed by atoms with Gasteiger partial charge in [-0.3, -0.25) is 0 Å². The molecule has 1 aromatic carbocycles. The molecule has 0 saturated carbocycles. The lowest BCUT2D eigenvalue weighted by molar-refractivity contribution is 0.0697. The predicted molar refractivity (Wildman–Crippen MR) is 65.7 cm³/mol. The van der Waals surface area contributed by atoms with Crippen molar-refractivity contribution >= 4 is 28.7 Å². The molecule has 4 heteroatoms. The van der Waals surface area contributed by atoms with E-state index in [1.165, 1.54) is 0 Å². The highest BCUT2D eigenvalue weighted by Gasteiger charge is 2.05. The molecule has 0 amide bonds. The summed E-state index contributed by atoms with van der Waals surface area (Å²) in [5.74, 6) is -0.898. The van der Waals surface area contributed by atoms with Crippen molar-refractivity contribution in [1.82, 2.24) is 0 Å². The van der Waals surface area contributed by atoms with Crippen LogP contribution >= 0.6 is 11.3 Å². The molecular weight excluding hydrogens is 222 g/mol. The molecule has 0 radical (unpaired) electrons. The maximum Gasteiger partial charge on any atom is 0.335 e. The van der Waals surface area contributed by atoms with Crippen LogP contribution in [0.2, 0.25) is 0 Å². The number of carbonyl (C=O) groups is 1. The average molecular weight is 233 g/mol. The lowest BCUT2D eigenvalue weighted by Crippen LogP contribution is -1.98. The van der Waals surface area contributed by atoms with Crippen LogP contribution in [-0.2, 0) is 0 Å². The Hall–Kier alpha value is -1.81. The highest BCUT2D eigenvalue weighted by molar-refractivity contribution is 7.08. The monoisotopic (exact) mass is 233 g/mol. The molecule has 2 aromatic rings. The Balaban J connectivity index is 2.26. The summed E-state index contributed by atoms with van der Waals surface area (Å²) in [4.78, 5) is 10.8. The van der Waals surface area contributed by atoms with Crippen LogP contribution in [0.1, 0.15) is 15.9 Å². The molecule has 0 spiro atoms. The number of carboxylic acids is 1. The summed E-state index contributed by atoms with van der Waals surface area (Å²) < 4.78 is 0.